The van der Waals surface area contributed by atoms with Crippen molar-refractivity contribution in [1.82, 2.24) is 4.98 Å². The van der Waals surface area contributed by atoms with E-state index in [-0.39, 0.29) is 22.9 Å². The predicted octanol–water partition coefficient (Wildman–Crippen LogP) is 3.00. The molecule has 5 nitrogen and oxygen atoms in total. The molecule has 0 saturated heterocycles. The first-order valence-corrected chi connectivity index (χ1v) is 6.01. The fraction of sp³-hybridized carbons (Fsp3) is 0.143. The predicted molar refractivity (Wildman–Crippen MR) is 70.8 cm³/mol. The van der Waals surface area contributed by atoms with Crippen LogP contribution in [0, 0.1) is 0 Å². The Kier molecular flexibility index (Phi) is 4.20. The van der Waals surface area contributed by atoms with Gasteiger partial charge in [-0.25, -0.2) is 4.98 Å². The lowest BCUT2D eigenvalue weighted by Crippen LogP contribution is -2.14. The standard InChI is InChI=1S/C14H11F3N2O3/c1-21-10-5-6-19-13(11(10)12(18)20)22-9-4-2-3-8(7-9)14(15,16)17/h2-7H,1H3,(H2,18,20). The van der Waals surface area contributed by atoms with Crippen LogP contribution in [0.15, 0.2) is 36.5 Å². The third-order valence-electron chi connectivity index (χ3n) is 2.72. The van der Waals surface area contributed by atoms with Crippen LogP contribution in [0.5, 0.6) is 17.4 Å². The van der Waals surface area contributed by atoms with Crippen molar-refractivity contribution in [3.05, 3.63) is 47.7 Å². The van der Waals surface area contributed by atoms with Crippen molar-refractivity contribution in [3.63, 3.8) is 0 Å². The molecule has 0 radical (unpaired) electrons. The van der Waals surface area contributed by atoms with Crippen LogP contribution in [0.3, 0.4) is 0 Å². The Labute approximate surface area is 123 Å². The average molecular weight is 312 g/mol. The number of nitrogens with two attached hydrogens (primary N) is 1. The molecule has 1 amide bonds. The molecule has 0 saturated carbocycles. The van der Waals surface area contributed by atoms with Crippen molar-refractivity contribution < 1.29 is 27.4 Å². The number of rotatable bonds is 4. The highest BCUT2D eigenvalue weighted by atomic mass is 19.4. The van der Waals surface area contributed by atoms with Crippen LogP contribution in [0.25, 0.3) is 0 Å². The highest BCUT2D eigenvalue weighted by Gasteiger charge is 2.30. The molecule has 8 heteroatoms. The zero-order valence-electron chi connectivity index (χ0n) is 11.3. The number of halogens is 3. The van der Waals surface area contributed by atoms with E-state index in [0.717, 1.165) is 12.1 Å². The molecule has 1 aromatic carbocycles. The number of amides is 1. The van der Waals surface area contributed by atoms with E-state index in [4.69, 9.17) is 15.2 Å². The number of ether oxygens (including phenoxy) is 2. The van der Waals surface area contributed by atoms with Crippen LogP contribution >= 0.6 is 0 Å². The number of nitrogens with zero attached hydrogens (tertiary/aromatic N) is 1. The smallest absolute Gasteiger partial charge is 0.416 e. The lowest BCUT2D eigenvalue weighted by molar-refractivity contribution is -0.137. The molecule has 116 valence electrons. The quantitative estimate of drug-likeness (QED) is 0.941. The van der Waals surface area contributed by atoms with Crippen LogP contribution in [-0.4, -0.2) is 18.0 Å². The highest BCUT2D eigenvalue weighted by molar-refractivity contribution is 5.98. The largest absolute Gasteiger partial charge is 0.496 e. The van der Waals surface area contributed by atoms with Crippen LogP contribution in [0.2, 0.25) is 0 Å². The van der Waals surface area contributed by atoms with E-state index in [1.165, 1.54) is 31.5 Å². The lowest BCUT2D eigenvalue weighted by atomic mass is 10.2. The number of aromatic nitrogens is 1. The Hall–Kier alpha value is -2.77. The molecule has 0 unspecified atom stereocenters. The van der Waals surface area contributed by atoms with Gasteiger partial charge < -0.3 is 15.2 Å². The van der Waals surface area contributed by atoms with E-state index < -0.39 is 17.6 Å². The van der Waals surface area contributed by atoms with E-state index in [2.05, 4.69) is 4.98 Å². The number of methoxy groups -OCH3 is 1. The second-order valence-electron chi connectivity index (χ2n) is 4.19. The van der Waals surface area contributed by atoms with Gasteiger partial charge in [0.2, 0.25) is 5.88 Å². The fourth-order valence-corrected chi connectivity index (χ4v) is 1.75. The Morgan fingerprint density at radius 3 is 2.59 bits per heavy atom. The van der Waals surface area contributed by atoms with Gasteiger partial charge in [-0.15, -0.1) is 0 Å². The molecule has 0 aliphatic rings. The number of benzene rings is 1. The molecule has 0 atom stereocenters. The molecular formula is C14H11F3N2O3. The molecule has 1 heterocycles. The summed E-state index contributed by atoms with van der Waals surface area (Å²) in [4.78, 5) is 15.3. The molecule has 0 spiro atoms. The van der Waals surface area contributed by atoms with Gasteiger partial charge in [-0.3, -0.25) is 4.79 Å². The number of alkyl halides is 3. The van der Waals surface area contributed by atoms with E-state index in [1.807, 2.05) is 0 Å². The van der Waals surface area contributed by atoms with E-state index in [0.29, 0.717) is 0 Å². The molecule has 22 heavy (non-hydrogen) atoms. The molecule has 2 aromatic rings. The lowest BCUT2D eigenvalue weighted by Gasteiger charge is -2.12. The van der Waals surface area contributed by atoms with Crippen LogP contribution in [-0.2, 0) is 6.18 Å². The normalized spacial score (nSPS) is 11.1. The minimum atomic E-state index is -4.51. The van der Waals surface area contributed by atoms with Gasteiger partial charge in [0.15, 0.2) is 0 Å². The van der Waals surface area contributed by atoms with Crippen molar-refractivity contribution in [3.8, 4) is 17.4 Å². The first-order chi connectivity index (χ1) is 10.3. The van der Waals surface area contributed by atoms with Crippen molar-refractivity contribution in [2.24, 2.45) is 5.73 Å². The molecular weight excluding hydrogens is 301 g/mol. The van der Waals surface area contributed by atoms with Gasteiger partial charge in [0.1, 0.15) is 17.1 Å². The van der Waals surface area contributed by atoms with Crippen LogP contribution in [0.4, 0.5) is 13.2 Å². The zero-order valence-corrected chi connectivity index (χ0v) is 11.3. The Bertz CT molecular complexity index is 702. The van der Waals surface area contributed by atoms with Gasteiger partial charge in [0.25, 0.3) is 5.91 Å². The summed E-state index contributed by atoms with van der Waals surface area (Å²) in [5, 5.41) is 0. The SMILES string of the molecule is COc1ccnc(Oc2cccc(C(F)(F)F)c2)c1C(N)=O. The minimum Gasteiger partial charge on any atom is -0.496 e. The fourth-order valence-electron chi connectivity index (χ4n) is 1.75. The number of primary amides is 1. The maximum absolute atomic E-state index is 12.7. The molecule has 0 bridgehead atoms. The van der Waals surface area contributed by atoms with Crippen molar-refractivity contribution in [2.75, 3.05) is 7.11 Å². The molecule has 2 rings (SSSR count). The zero-order chi connectivity index (χ0) is 16.3. The molecule has 0 aliphatic carbocycles. The Balaban J connectivity index is 2.42. The Morgan fingerprint density at radius 2 is 2.00 bits per heavy atom. The first-order valence-electron chi connectivity index (χ1n) is 6.01. The van der Waals surface area contributed by atoms with Crippen molar-refractivity contribution in [1.29, 1.82) is 0 Å². The number of hydrogen-bond donors (Lipinski definition) is 1. The summed E-state index contributed by atoms with van der Waals surface area (Å²) in [5.41, 5.74) is 4.19. The van der Waals surface area contributed by atoms with Crippen LogP contribution in [0.1, 0.15) is 15.9 Å². The van der Waals surface area contributed by atoms with E-state index >= 15 is 0 Å². The molecule has 0 fully saturated rings. The maximum atomic E-state index is 12.7. The second kappa shape index (κ2) is 5.92. The summed E-state index contributed by atoms with van der Waals surface area (Å²) in [5.74, 6) is -1.11. The minimum absolute atomic E-state index is 0.115. The van der Waals surface area contributed by atoms with E-state index in [1.54, 1.807) is 0 Å². The van der Waals surface area contributed by atoms with E-state index in [9.17, 15) is 18.0 Å². The maximum Gasteiger partial charge on any atom is 0.416 e. The first kappa shape index (κ1) is 15.6. The second-order valence-corrected chi connectivity index (χ2v) is 4.19. The number of pyridine rings is 1. The van der Waals surface area contributed by atoms with Gasteiger partial charge in [-0.05, 0) is 24.3 Å². The molecule has 0 aliphatic heterocycles. The molecule has 2 N–H and O–H groups in total. The topological polar surface area (TPSA) is 74.4 Å². The summed E-state index contributed by atoms with van der Waals surface area (Å²) in [6.07, 6.45) is -3.22. The van der Waals surface area contributed by atoms with Crippen molar-refractivity contribution >= 4 is 5.91 Å². The van der Waals surface area contributed by atoms with Crippen LogP contribution < -0.4 is 15.2 Å². The van der Waals surface area contributed by atoms with Crippen molar-refractivity contribution in [2.45, 2.75) is 6.18 Å². The number of hydrogen-bond acceptors (Lipinski definition) is 4. The average Bonchev–Trinajstić information content (AvgIpc) is 2.46. The Morgan fingerprint density at radius 1 is 1.27 bits per heavy atom. The van der Waals surface area contributed by atoms with Gasteiger partial charge in [-0.2, -0.15) is 13.2 Å². The van der Waals surface area contributed by atoms with Gasteiger partial charge in [0.05, 0.1) is 12.7 Å². The monoisotopic (exact) mass is 312 g/mol. The summed E-state index contributed by atoms with van der Waals surface area (Å²) < 4.78 is 48.2. The summed E-state index contributed by atoms with van der Waals surface area (Å²) in [6, 6.07) is 5.58. The number of carbonyl (C=O) groups is 1. The third-order valence-corrected chi connectivity index (χ3v) is 2.72. The highest BCUT2D eigenvalue weighted by Crippen LogP contribution is 2.34. The van der Waals surface area contributed by atoms with Gasteiger partial charge in [-0.1, -0.05) is 6.07 Å². The number of carbonyl (C=O) groups excluding carboxylic acids is 1. The van der Waals surface area contributed by atoms with Gasteiger partial charge >= 0.3 is 6.18 Å². The molecule has 1 aromatic heterocycles. The third kappa shape index (κ3) is 3.27. The summed E-state index contributed by atoms with van der Waals surface area (Å²) >= 11 is 0. The van der Waals surface area contributed by atoms with Gasteiger partial charge in [0, 0.05) is 6.20 Å². The summed E-state index contributed by atoms with van der Waals surface area (Å²) in [6.45, 7) is 0. The summed E-state index contributed by atoms with van der Waals surface area (Å²) in [7, 11) is 1.32.